The average molecular weight is 276 g/mol. The summed E-state index contributed by atoms with van der Waals surface area (Å²) in [7, 11) is 0. The zero-order chi connectivity index (χ0) is 13.1. The molecule has 4 heteroatoms. The summed E-state index contributed by atoms with van der Waals surface area (Å²) in [5.74, 6) is 0. The molecule has 2 aromatic carbocycles. The first-order chi connectivity index (χ1) is 8.65. The Labute approximate surface area is 115 Å². The third-order valence-corrected chi connectivity index (χ3v) is 3.06. The molecule has 0 N–H and O–H groups in total. The van der Waals surface area contributed by atoms with Crippen molar-refractivity contribution in [3.8, 4) is 11.1 Å². The van der Waals surface area contributed by atoms with Crippen molar-refractivity contribution < 1.29 is 4.79 Å². The normalized spacial score (nSPS) is 9.83. The predicted octanol–water partition coefficient (Wildman–Crippen LogP) is 5.02. The quantitative estimate of drug-likeness (QED) is 0.557. The van der Waals surface area contributed by atoms with Gasteiger partial charge in [0, 0.05) is 15.6 Å². The van der Waals surface area contributed by atoms with Crippen LogP contribution >= 0.6 is 23.2 Å². The third kappa shape index (κ3) is 2.38. The molecule has 0 bridgehead atoms. The van der Waals surface area contributed by atoms with Crippen LogP contribution in [0.3, 0.4) is 0 Å². The lowest BCUT2D eigenvalue weighted by atomic mass is 10.00. The highest BCUT2D eigenvalue weighted by atomic mass is 35.5. The number of aldehydes is 1. The van der Waals surface area contributed by atoms with Gasteiger partial charge in [-0.1, -0.05) is 35.3 Å². The molecule has 0 aliphatic rings. The number of benzene rings is 2. The minimum absolute atomic E-state index is 0.425. The lowest BCUT2D eigenvalue weighted by Crippen LogP contribution is -1.88. The van der Waals surface area contributed by atoms with Gasteiger partial charge in [0.05, 0.1) is 6.57 Å². The summed E-state index contributed by atoms with van der Waals surface area (Å²) in [5, 5.41) is 0.954. The summed E-state index contributed by atoms with van der Waals surface area (Å²) >= 11 is 12.0. The van der Waals surface area contributed by atoms with E-state index in [4.69, 9.17) is 29.8 Å². The van der Waals surface area contributed by atoms with E-state index in [0.717, 1.165) is 6.29 Å². The monoisotopic (exact) mass is 275 g/mol. The SMILES string of the molecule is [C-]#[N+]c1ccc(-c2cc(Cl)ccc2C=O)c(Cl)c1. The molecule has 0 saturated carbocycles. The third-order valence-electron chi connectivity index (χ3n) is 2.51. The molecule has 0 aliphatic heterocycles. The molecule has 0 spiro atoms. The van der Waals surface area contributed by atoms with Gasteiger partial charge in [0.2, 0.25) is 0 Å². The van der Waals surface area contributed by atoms with Crippen LogP contribution in [0.25, 0.3) is 16.0 Å². The van der Waals surface area contributed by atoms with Crippen molar-refractivity contribution in [2.24, 2.45) is 0 Å². The van der Waals surface area contributed by atoms with Crippen LogP contribution < -0.4 is 0 Å². The van der Waals surface area contributed by atoms with Crippen molar-refractivity contribution in [2.75, 3.05) is 0 Å². The van der Waals surface area contributed by atoms with Crippen molar-refractivity contribution in [1.29, 1.82) is 0 Å². The molecule has 0 atom stereocenters. The van der Waals surface area contributed by atoms with Crippen molar-refractivity contribution in [3.63, 3.8) is 0 Å². The van der Waals surface area contributed by atoms with E-state index in [1.165, 1.54) is 0 Å². The molecule has 18 heavy (non-hydrogen) atoms. The van der Waals surface area contributed by atoms with Gasteiger partial charge in [-0.3, -0.25) is 4.79 Å². The van der Waals surface area contributed by atoms with Crippen molar-refractivity contribution >= 4 is 35.2 Å². The van der Waals surface area contributed by atoms with Crippen molar-refractivity contribution in [3.05, 3.63) is 63.4 Å². The first-order valence-corrected chi connectivity index (χ1v) is 5.83. The second kappa shape index (κ2) is 5.22. The predicted molar refractivity (Wildman–Crippen MR) is 73.5 cm³/mol. The second-order valence-corrected chi connectivity index (χ2v) is 4.47. The van der Waals surface area contributed by atoms with Gasteiger partial charge >= 0.3 is 0 Å². The number of hydrogen-bond acceptors (Lipinski definition) is 1. The van der Waals surface area contributed by atoms with Crippen LogP contribution in [0.15, 0.2) is 36.4 Å². The first kappa shape index (κ1) is 12.6. The number of halogens is 2. The second-order valence-electron chi connectivity index (χ2n) is 3.63. The molecule has 2 nitrogen and oxygen atoms in total. The fourth-order valence-electron chi connectivity index (χ4n) is 1.66. The lowest BCUT2D eigenvalue weighted by Gasteiger charge is -2.08. The van der Waals surface area contributed by atoms with E-state index in [9.17, 15) is 4.79 Å². The molecule has 0 aromatic heterocycles. The average Bonchev–Trinajstić information content (AvgIpc) is 2.38. The van der Waals surface area contributed by atoms with Crippen LogP contribution in [-0.2, 0) is 0 Å². The number of nitrogens with zero attached hydrogens (tertiary/aromatic N) is 1. The molecule has 2 rings (SSSR count). The number of carbonyl (C=O) groups is 1. The van der Waals surface area contributed by atoms with Gasteiger partial charge in [-0.2, -0.15) is 0 Å². The van der Waals surface area contributed by atoms with E-state index in [-0.39, 0.29) is 0 Å². The first-order valence-electron chi connectivity index (χ1n) is 5.08. The van der Waals surface area contributed by atoms with E-state index < -0.39 is 0 Å². The zero-order valence-corrected chi connectivity index (χ0v) is 10.7. The number of rotatable bonds is 2. The van der Waals surface area contributed by atoms with Gasteiger partial charge in [-0.25, -0.2) is 4.85 Å². The van der Waals surface area contributed by atoms with Crippen LogP contribution in [0, 0.1) is 6.57 Å². The molecule has 0 unspecified atom stereocenters. The minimum atomic E-state index is 0.425. The van der Waals surface area contributed by atoms with Crippen molar-refractivity contribution in [1.82, 2.24) is 0 Å². The number of hydrogen-bond donors (Lipinski definition) is 0. The molecule has 0 fully saturated rings. The molecule has 0 saturated heterocycles. The molecule has 0 amide bonds. The fraction of sp³-hybridized carbons (Fsp3) is 0. The Morgan fingerprint density at radius 2 is 1.83 bits per heavy atom. The smallest absolute Gasteiger partial charge is 0.188 e. The summed E-state index contributed by atoms with van der Waals surface area (Å²) in [6.45, 7) is 6.92. The highest BCUT2D eigenvalue weighted by molar-refractivity contribution is 6.34. The van der Waals surface area contributed by atoms with Crippen LogP contribution in [0.4, 0.5) is 5.69 Å². The summed E-state index contributed by atoms with van der Waals surface area (Å²) in [6, 6.07) is 9.92. The number of carbonyl (C=O) groups excluding carboxylic acids is 1. The Kier molecular flexibility index (Phi) is 3.66. The van der Waals surface area contributed by atoms with Gasteiger partial charge in [-0.15, -0.1) is 0 Å². The molecule has 0 radical (unpaired) electrons. The molecule has 0 heterocycles. The molecule has 0 aliphatic carbocycles. The molecular weight excluding hydrogens is 269 g/mol. The van der Waals surface area contributed by atoms with E-state index in [0.29, 0.717) is 32.4 Å². The Bertz CT molecular complexity index is 659. The van der Waals surface area contributed by atoms with Crippen molar-refractivity contribution in [2.45, 2.75) is 0 Å². The van der Waals surface area contributed by atoms with Crippen LogP contribution in [0.2, 0.25) is 10.0 Å². The maximum Gasteiger partial charge on any atom is 0.188 e. The minimum Gasteiger partial charge on any atom is -0.298 e. The Morgan fingerprint density at radius 3 is 2.44 bits per heavy atom. The van der Waals surface area contributed by atoms with Crippen LogP contribution in [0.1, 0.15) is 10.4 Å². The highest BCUT2D eigenvalue weighted by Gasteiger charge is 2.09. The van der Waals surface area contributed by atoms with Gasteiger partial charge in [0.25, 0.3) is 0 Å². The van der Waals surface area contributed by atoms with E-state index in [2.05, 4.69) is 4.85 Å². The molecular formula is C14H7Cl2NO. The summed E-state index contributed by atoms with van der Waals surface area (Å²) in [6.07, 6.45) is 0.755. The topological polar surface area (TPSA) is 21.4 Å². The van der Waals surface area contributed by atoms with Gasteiger partial charge in [0.15, 0.2) is 12.0 Å². The fourth-order valence-corrected chi connectivity index (χ4v) is 2.11. The van der Waals surface area contributed by atoms with E-state index >= 15 is 0 Å². The Hall–Kier alpha value is -1.82. The summed E-state index contributed by atoms with van der Waals surface area (Å²) in [4.78, 5) is 14.3. The maximum absolute atomic E-state index is 11.0. The van der Waals surface area contributed by atoms with E-state index in [1.54, 1.807) is 36.4 Å². The van der Waals surface area contributed by atoms with Gasteiger partial charge < -0.3 is 0 Å². The highest BCUT2D eigenvalue weighted by Crippen LogP contribution is 2.34. The maximum atomic E-state index is 11.0. The van der Waals surface area contributed by atoms with Crippen LogP contribution in [-0.4, -0.2) is 6.29 Å². The van der Waals surface area contributed by atoms with E-state index in [1.807, 2.05) is 0 Å². The Balaban J connectivity index is 2.65. The molecule has 2 aromatic rings. The molecule has 88 valence electrons. The Morgan fingerprint density at radius 1 is 1.06 bits per heavy atom. The summed E-state index contributed by atoms with van der Waals surface area (Å²) < 4.78 is 0. The largest absolute Gasteiger partial charge is 0.298 e. The standard InChI is InChI=1S/C14H7Cl2NO/c1-17-11-4-5-12(14(16)7-11)13-6-10(15)3-2-9(13)8-18/h2-8H. The zero-order valence-electron chi connectivity index (χ0n) is 9.15. The lowest BCUT2D eigenvalue weighted by molar-refractivity contribution is 0.112. The summed E-state index contributed by atoms with van der Waals surface area (Å²) in [5.41, 5.74) is 2.32. The van der Waals surface area contributed by atoms with Gasteiger partial charge in [-0.05, 0) is 35.4 Å². The van der Waals surface area contributed by atoms with Gasteiger partial charge in [0.1, 0.15) is 0 Å². The van der Waals surface area contributed by atoms with Crippen LogP contribution in [0.5, 0.6) is 0 Å².